The van der Waals surface area contributed by atoms with Crippen LogP contribution in [0.5, 0.6) is 0 Å². The lowest BCUT2D eigenvalue weighted by molar-refractivity contribution is -0.114. The molecule has 140 valence electrons. The molecule has 0 saturated heterocycles. The number of para-hydroxylation sites is 1. The van der Waals surface area contributed by atoms with Gasteiger partial charge in [-0.15, -0.1) is 0 Å². The molecule has 3 nitrogen and oxygen atoms in total. The zero-order chi connectivity index (χ0) is 19.4. The lowest BCUT2D eigenvalue weighted by Gasteiger charge is -2.42. The minimum Gasteiger partial charge on any atom is -0.546 e. The molecule has 0 unspecified atom stereocenters. The average molecular weight is 382 g/mol. The van der Waals surface area contributed by atoms with Crippen LogP contribution in [0.25, 0.3) is 0 Å². The van der Waals surface area contributed by atoms with Gasteiger partial charge in [0.2, 0.25) is 0 Å². The molecule has 1 aromatic carbocycles. The summed E-state index contributed by atoms with van der Waals surface area (Å²) in [5.74, 6) is 0.552. The van der Waals surface area contributed by atoms with Crippen molar-refractivity contribution >= 4 is 31.5 Å². The van der Waals surface area contributed by atoms with Gasteiger partial charge in [0.25, 0.3) is 14.2 Å². The van der Waals surface area contributed by atoms with Crippen LogP contribution in [-0.4, -0.2) is 21.3 Å². The summed E-state index contributed by atoms with van der Waals surface area (Å²) < 4.78 is 6.53. The summed E-state index contributed by atoms with van der Waals surface area (Å²) in [6, 6.07) is 7.33. The monoisotopic (exact) mass is 381 g/mol. The maximum absolute atomic E-state index is 12.6. The molecule has 0 radical (unpaired) electrons. The van der Waals surface area contributed by atoms with E-state index in [-0.39, 0.29) is 5.91 Å². The molecule has 25 heavy (non-hydrogen) atoms. The normalized spacial score (nSPS) is 12.9. The van der Waals surface area contributed by atoms with Crippen LogP contribution in [-0.2, 0) is 9.22 Å². The highest BCUT2D eigenvalue weighted by molar-refractivity contribution is 6.77. The van der Waals surface area contributed by atoms with Crippen molar-refractivity contribution in [1.82, 2.24) is 0 Å². The molecule has 0 spiro atoms. The summed E-state index contributed by atoms with van der Waals surface area (Å²) in [6.45, 7) is 15.3. The fourth-order valence-corrected chi connectivity index (χ4v) is 9.36. The van der Waals surface area contributed by atoms with Gasteiger partial charge in [-0.1, -0.05) is 65.3 Å². The number of benzene rings is 1. The van der Waals surface area contributed by atoms with E-state index < -0.39 is 8.32 Å². The van der Waals surface area contributed by atoms with E-state index >= 15 is 0 Å². The minimum atomic E-state index is -2.05. The smallest absolute Gasteiger partial charge is 0.258 e. The van der Waals surface area contributed by atoms with Gasteiger partial charge in [-0.05, 0) is 35.7 Å². The molecule has 0 aliphatic rings. The maximum Gasteiger partial charge on any atom is 0.258 e. The van der Waals surface area contributed by atoms with Crippen LogP contribution in [0.4, 0.5) is 5.69 Å². The second-order valence-corrected chi connectivity index (χ2v) is 13.3. The number of hydrogen-bond donors (Lipinski definition) is 0. The first-order chi connectivity index (χ1) is 11.5. The van der Waals surface area contributed by atoms with Crippen molar-refractivity contribution in [3.8, 4) is 0 Å². The van der Waals surface area contributed by atoms with E-state index in [1.807, 2.05) is 25.1 Å². The number of carbonyl (C=O) groups excluding carboxylic acids is 1. The maximum atomic E-state index is 12.6. The van der Waals surface area contributed by atoms with Gasteiger partial charge in [-0.2, -0.15) is 0 Å². The summed E-state index contributed by atoms with van der Waals surface area (Å²) in [5.41, 5.74) is 2.09. The predicted octanol–water partition coefficient (Wildman–Crippen LogP) is 6.40. The number of amides is 1. The SMILES string of the molecule is CC(=CC(=O)N(C)c1ccccc1Cl)O[Si](C(C)C)(C(C)C)C(C)C. The van der Waals surface area contributed by atoms with Gasteiger partial charge >= 0.3 is 0 Å². The Kier molecular flexibility index (Phi) is 7.76. The lowest BCUT2D eigenvalue weighted by Crippen LogP contribution is -2.47. The van der Waals surface area contributed by atoms with E-state index in [9.17, 15) is 4.79 Å². The zero-order valence-electron chi connectivity index (χ0n) is 16.8. The molecule has 0 atom stereocenters. The van der Waals surface area contributed by atoms with Crippen LogP contribution in [0.1, 0.15) is 48.5 Å². The van der Waals surface area contributed by atoms with E-state index in [4.69, 9.17) is 16.0 Å². The molecule has 1 amide bonds. The third-order valence-electron chi connectivity index (χ3n) is 4.92. The molecule has 0 aliphatic carbocycles. The first kappa shape index (κ1) is 21.8. The third kappa shape index (κ3) is 4.89. The van der Waals surface area contributed by atoms with Gasteiger partial charge in [0, 0.05) is 13.1 Å². The molecule has 5 heteroatoms. The van der Waals surface area contributed by atoms with Gasteiger partial charge < -0.3 is 9.33 Å². The van der Waals surface area contributed by atoms with Crippen molar-refractivity contribution in [2.24, 2.45) is 0 Å². The second kappa shape index (κ2) is 8.90. The van der Waals surface area contributed by atoms with Gasteiger partial charge in [-0.25, -0.2) is 0 Å². The number of halogens is 1. The minimum absolute atomic E-state index is 0.134. The predicted molar refractivity (Wildman–Crippen MR) is 111 cm³/mol. The van der Waals surface area contributed by atoms with E-state index in [1.165, 1.54) is 0 Å². The highest BCUT2D eigenvalue weighted by atomic mass is 35.5. The van der Waals surface area contributed by atoms with Crippen molar-refractivity contribution in [2.45, 2.75) is 65.1 Å². The molecule has 1 aromatic rings. The van der Waals surface area contributed by atoms with Gasteiger partial charge in [-0.3, -0.25) is 4.79 Å². The van der Waals surface area contributed by atoms with Crippen molar-refractivity contribution < 1.29 is 9.22 Å². The van der Waals surface area contributed by atoms with Crippen molar-refractivity contribution in [2.75, 3.05) is 11.9 Å². The molecule has 0 heterocycles. The molecular formula is C20H32ClNO2Si. The topological polar surface area (TPSA) is 29.5 Å². The highest BCUT2D eigenvalue weighted by Crippen LogP contribution is 2.43. The van der Waals surface area contributed by atoms with E-state index in [0.29, 0.717) is 33.1 Å². The van der Waals surface area contributed by atoms with Gasteiger partial charge in [0.1, 0.15) is 0 Å². The zero-order valence-corrected chi connectivity index (χ0v) is 18.5. The quantitative estimate of drug-likeness (QED) is 0.310. The first-order valence-electron chi connectivity index (χ1n) is 8.93. The number of rotatable bonds is 7. The fraction of sp³-hybridized carbons (Fsp3) is 0.550. The summed E-state index contributed by atoms with van der Waals surface area (Å²) in [4.78, 5) is 14.2. The van der Waals surface area contributed by atoms with Crippen molar-refractivity contribution in [1.29, 1.82) is 0 Å². The van der Waals surface area contributed by atoms with Crippen LogP contribution in [0.3, 0.4) is 0 Å². The Morgan fingerprint density at radius 3 is 2.00 bits per heavy atom. The third-order valence-corrected chi connectivity index (χ3v) is 11.3. The van der Waals surface area contributed by atoms with Crippen LogP contribution in [0.15, 0.2) is 36.1 Å². The number of carbonyl (C=O) groups is 1. The Balaban J connectivity index is 3.06. The number of hydrogen-bond acceptors (Lipinski definition) is 2. The lowest BCUT2D eigenvalue weighted by atomic mass is 10.3. The Hall–Kier alpha value is -1.26. The molecule has 0 N–H and O–H groups in total. The van der Waals surface area contributed by atoms with Crippen LogP contribution >= 0.6 is 11.6 Å². The number of likely N-dealkylation sites (N-methyl/N-ethyl adjacent to an activating group) is 1. The van der Waals surface area contributed by atoms with E-state index in [2.05, 4.69) is 41.5 Å². The van der Waals surface area contributed by atoms with Crippen LogP contribution < -0.4 is 4.90 Å². The standard InChI is InChI=1S/C20H32ClNO2Si/c1-14(2)25(15(3)4,16(5)6)24-17(7)13-20(23)22(8)19-12-10-9-11-18(19)21/h9-16H,1-8H3. The Bertz CT molecular complexity index is 604. The molecule has 0 saturated carbocycles. The first-order valence-corrected chi connectivity index (χ1v) is 11.4. The molecule has 0 fully saturated rings. The van der Waals surface area contributed by atoms with Crippen molar-refractivity contribution in [3.63, 3.8) is 0 Å². The van der Waals surface area contributed by atoms with Crippen molar-refractivity contribution in [3.05, 3.63) is 41.1 Å². The van der Waals surface area contributed by atoms with Crippen LogP contribution in [0, 0.1) is 0 Å². The van der Waals surface area contributed by atoms with Gasteiger partial charge in [0.05, 0.1) is 16.5 Å². The van der Waals surface area contributed by atoms with Crippen LogP contribution in [0.2, 0.25) is 21.6 Å². The number of anilines is 1. The molecule has 0 aliphatic heterocycles. The molecule has 1 rings (SSSR count). The summed E-state index contributed by atoms with van der Waals surface area (Å²) in [6.07, 6.45) is 1.58. The highest BCUT2D eigenvalue weighted by Gasteiger charge is 2.47. The van der Waals surface area contributed by atoms with E-state index in [1.54, 1.807) is 24.1 Å². The number of allylic oxidation sites excluding steroid dienone is 1. The second-order valence-electron chi connectivity index (χ2n) is 7.52. The average Bonchev–Trinajstić information content (AvgIpc) is 2.51. The summed E-state index contributed by atoms with van der Waals surface area (Å²) in [5, 5.41) is 0.556. The fourth-order valence-electron chi connectivity index (χ4n) is 3.78. The van der Waals surface area contributed by atoms with Gasteiger partial charge in [0.15, 0.2) is 0 Å². The van der Waals surface area contributed by atoms with E-state index in [0.717, 1.165) is 0 Å². The Morgan fingerprint density at radius 1 is 1.08 bits per heavy atom. The summed E-state index contributed by atoms with van der Waals surface area (Å²) in [7, 11) is -0.320. The largest absolute Gasteiger partial charge is 0.546 e. The molecular weight excluding hydrogens is 350 g/mol. The Morgan fingerprint density at radius 2 is 1.56 bits per heavy atom. The molecule has 0 aromatic heterocycles. The summed E-state index contributed by atoms with van der Waals surface area (Å²) >= 11 is 6.19. The number of nitrogens with zero attached hydrogens (tertiary/aromatic N) is 1. The molecule has 0 bridgehead atoms. The Labute approximate surface area is 159 Å².